The Labute approximate surface area is 134 Å². The molecule has 0 fully saturated rings. The van der Waals surface area contributed by atoms with Crippen molar-refractivity contribution in [2.24, 2.45) is 0 Å². The number of nitrogens with zero attached hydrogens (tertiary/aromatic N) is 5. The van der Waals surface area contributed by atoms with Crippen LogP contribution in [-0.4, -0.2) is 31.1 Å². The van der Waals surface area contributed by atoms with Crippen molar-refractivity contribution in [3.8, 4) is 5.69 Å². The van der Waals surface area contributed by atoms with Crippen LogP contribution >= 0.6 is 11.3 Å². The highest BCUT2D eigenvalue weighted by Gasteiger charge is 2.15. The van der Waals surface area contributed by atoms with Gasteiger partial charge in [-0.05, 0) is 29.5 Å². The largest absolute Gasteiger partial charge is 0.299 e. The zero-order valence-corrected chi connectivity index (χ0v) is 12.6. The molecule has 2 aromatic carbocycles. The number of anilines is 1. The van der Waals surface area contributed by atoms with Crippen LogP contribution in [0.25, 0.3) is 15.9 Å². The van der Waals surface area contributed by atoms with Gasteiger partial charge in [-0.25, -0.2) is 4.98 Å². The Morgan fingerprint density at radius 1 is 1.04 bits per heavy atom. The lowest BCUT2D eigenvalue weighted by molar-refractivity contribution is 0.101. The van der Waals surface area contributed by atoms with Gasteiger partial charge in [-0.3, -0.25) is 10.1 Å². The fourth-order valence-electron chi connectivity index (χ4n) is 2.05. The highest BCUT2D eigenvalue weighted by molar-refractivity contribution is 7.22. The number of aromatic nitrogens is 5. The van der Waals surface area contributed by atoms with Crippen LogP contribution in [0.15, 0.2) is 54.6 Å². The van der Waals surface area contributed by atoms with Gasteiger partial charge in [0, 0.05) is 0 Å². The molecule has 0 atom stereocenters. The molecule has 0 aliphatic rings. The van der Waals surface area contributed by atoms with Gasteiger partial charge in [0.25, 0.3) is 11.7 Å². The maximum Gasteiger partial charge on any atom is 0.299 e. The van der Waals surface area contributed by atoms with Crippen molar-refractivity contribution >= 4 is 32.6 Å². The second-order valence-electron chi connectivity index (χ2n) is 4.68. The molecule has 0 bridgehead atoms. The summed E-state index contributed by atoms with van der Waals surface area (Å²) in [6.45, 7) is 0. The SMILES string of the molecule is O=C(Nc1nc2ccccc2s1)c1nnn(-c2ccccc2)n1. The van der Waals surface area contributed by atoms with E-state index >= 15 is 0 Å². The monoisotopic (exact) mass is 322 g/mol. The van der Waals surface area contributed by atoms with E-state index in [1.807, 2.05) is 54.6 Å². The summed E-state index contributed by atoms with van der Waals surface area (Å²) in [6.07, 6.45) is 0. The molecule has 4 aromatic rings. The van der Waals surface area contributed by atoms with Gasteiger partial charge in [0.2, 0.25) is 0 Å². The van der Waals surface area contributed by atoms with Crippen molar-refractivity contribution < 1.29 is 4.79 Å². The first-order valence-electron chi connectivity index (χ1n) is 6.82. The number of carbonyl (C=O) groups is 1. The van der Waals surface area contributed by atoms with Gasteiger partial charge in [0.15, 0.2) is 5.13 Å². The first-order valence-corrected chi connectivity index (χ1v) is 7.63. The van der Waals surface area contributed by atoms with E-state index in [0.717, 1.165) is 15.9 Å². The minimum absolute atomic E-state index is 0.00638. The van der Waals surface area contributed by atoms with Crippen LogP contribution in [-0.2, 0) is 0 Å². The fourth-order valence-corrected chi connectivity index (χ4v) is 2.92. The molecule has 112 valence electrons. The molecule has 0 saturated carbocycles. The molecule has 0 spiro atoms. The normalized spacial score (nSPS) is 10.8. The minimum Gasteiger partial charge on any atom is -0.295 e. The van der Waals surface area contributed by atoms with Crippen LogP contribution in [0.2, 0.25) is 0 Å². The number of rotatable bonds is 3. The molecule has 8 heteroatoms. The van der Waals surface area contributed by atoms with Crippen LogP contribution < -0.4 is 5.32 Å². The molecular weight excluding hydrogens is 312 g/mol. The number of fused-ring (bicyclic) bond motifs is 1. The lowest BCUT2D eigenvalue weighted by Gasteiger charge is -1.96. The highest BCUT2D eigenvalue weighted by Crippen LogP contribution is 2.25. The molecule has 0 unspecified atom stereocenters. The predicted octanol–water partition coefficient (Wildman–Crippen LogP) is 2.52. The Kier molecular flexibility index (Phi) is 3.28. The lowest BCUT2D eigenvalue weighted by Crippen LogP contribution is -2.14. The molecule has 4 rings (SSSR count). The molecule has 0 saturated heterocycles. The zero-order valence-electron chi connectivity index (χ0n) is 11.7. The van der Waals surface area contributed by atoms with Gasteiger partial charge in [-0.15, -0.1) is 15.0 Å². The Balaban J connectivity index is 1.56. The number of hydrogen-bond acceptors (Lipinski definition) is 6. The van der Waals surface area contributed by atoms with Crippen LogP contribution in [0.1, 0.15) is 10.6 Å². The van der Waals surface area contributed by atoms with E-state index in [-0.39, 0.29) is 5.82 Å². The third kappa shape index (κ3) is 2.67. The van der Waals surface area contributed by atoms with Gasteiger partial charge in [0.1, 0.15) is 0 Å². The van der Waals surface area contributed by atoms with E-state index in [1.165, 1.54) is 16.1 Å². The second kappa shape index (κ2) is 5.58. The quantitative estimate of drug-likeness (QED) is 0.626. The smallest absolute Gasteiger partial charge is 0.295 e. The van der Waals surface area contributed by atoms with Crippen LogP contribution in [0.3, 0.4) is 0 Å². The number of para-hydroxylation sites is 2. The minimum atomic E-state index is -0.439. The Morgan fingerprint density at radius 3 is 2.65 bits per heavy atom. The third-order valence-corrected chi connectivity index (χ3v) is 4.07. The van der Waals surface area contributed by atoms with Gasteiger partial charge < -0.3 is 0 Å². The molecule has 0 aliphatic carbocycles. The number of carbonyl (C=O) groups excluding carboxylic acids is 1. The summed E-state index contributed by atoms with van der Waals surface area (Å²) < 4.78 is 1.00. The fraction of sp³-hybridized carbons (Fsp3) is 0. The summed E-state index contributed by atoms with van der Waals surface area (Å²) in [5, 5.41) is 15.0. The summed E-state index contributed by atoms with van der Waals surface area (Å²) in [4.78, 5) is 17.9. The van der Waals surface area contributed by atoms with E-state index in [1.54, 1.807) is 0 Å². The topological polar surface area (TPSA) is 85.6 Å². The van der Waals surface area contributed by atoms with Crippen molar-refractivity contribution in [1.82, 2.24) is 25.2 Å². The van der Waals surface area contributed by atoms with Crippen LogP contribution in [0.4, 0.5) is 5.13 Å². The second-order valence-corrected chi connectivity index (χ2v) is 5.71. The number of thiazole rings is 1. The van der Waals surface area contributed by atoms with Gasteiger partial charge in [-0.1, -0.05) is 41.7 Å². The lowest BCUT2D eigenvalue weighted by atomic mass is 10.3. The highest BCUT2D eigenvalue weighted by atomic mass is 32.1. The Bertz CT molecular complexity index is 945. The molecule has 23 heavy (non-hydrogen) atoms. The number of tetrazole rings is 1. The predicted molar refractivity (Wildman–Crippen MR) is 86.7 cm³/mol. The number of nitrogens with one attached hydrogen (secondary N) is 1. The first-order chi connectivity index (χ1) is 11.3. The van der Waals surface area contributed by atoms with E-state index < -0.39 is 5.91 Å². The third-order valence-electron chi connectivity index (χ3n) is 3.12. The van der Waals surface area contributed by atoms with E-state index in [0.29, 0.717) is 5.13 Å². The summed E-state index contributed by atoms with van der Waals surface area (Å²) in [5.41, 5.74) is 1.58. The summed E-state index contributed by atoms with van der Waals surface area (Å²) in [5.74, 6) is -0.445. The van der Waals surface area contributed by atoms with Crippen molar-refractivity contribution in [2.45, 2.75) is 0 Å². The van der Waals surface area contributed by atoms with Crippen molar-refractivity contribution in [2.75, 3.05) is 5.32 Å². The molecule has 7 nitrogen and oxygen atoms in total. The van der Waals surface area contributed by atoms with Gasteiger partial charge in [0.05, 0.1) is 15.9 Å². The Morgan fingerprint density at radius 2 is 1.83 bits per heavy atom. The molecule has 2 aromatic heterocycles. The van der Waals surface area contributed by atoms with Gasteiger partial charge >= 0.3 is 0 Å². The Hall–Kier alpha value is -3.13. The number of hydrogen-bond donors (Lipinski definition) is 1. The summed E-state index contributed by atoms with van der Waals surface area (Å²) >= 11 is 1.40. The summed E-state index contributed by atoms with van der Waals surface area (Å²) in [6, 6.07) is 17.0. The van der Waals surface area contributed by atoms with E-state index in [2.05, 4.69) is 25.7 Å². The van der Waals surface area contributed by atoms with E-state index in [4.69, 9.17) is 0 Å². The maximum absolute atomic E-state index is 12.2. The van der Waals surface area contributed by atoms with Crippen LogP contribution in [0, 0.1) is 0 Å². The van der Waals surface area contributed by atoms with Crippen molar-refractivity contribution in [1.29, 1.82) is 0 Å². The van der Waals surface area contributed by atoms with E-state index in [9.17, 15) is 4.79 Å². The molecule has 1 N–H and O–H groups in total. The molecular formula is C15H10N6OS. The van der Waals surface area contributed by atoms with Crippen molar-refractivity contribution in [3.05, 3.63) is 60.4 Å². The van der Waals surface area contributed by atoms with Crippen molar-refractivity contribution in [3.63, 3.8) is 0 Å². The first kappa shape index (κ1) is 13.5. The average Bonchev–Trinajstić information content (AvgIpc) is 3.22. The zero-order chi connectivity index (χ0) is 15.6. The van der Waals surface area contributed by atoms with Crippen LogP contribution in [0.5, 0.6) is 0 Å². The number of benzene rings is 2. The average molecular weight is 322 g/mol. The molecule has 2 heterocycles. The maximum atomic E-state index is 12.2. The molecule has 0 radical (unpaired) electrons. The standard InChI is InChI=1S/C15H10N6OS/c22-14(17-15-16-11-8-4-5-9-12(11)23-15)13-18-20-21(19-13)10-6-2-1-3-7-10/h1-9H,(H,16,17,22). The number of amides is 1. The van der Waals surface area contributed by atoms with Gasteiger partial charge in [-0.2, -0.15) is 0 Å². The summed E-state index contributed by atoms with van der Waals surface area (Å²) in [7, 11) is 0. The molecule has 0 aliphatic heterocycles. The molecule has 1 amide bonds.